The summed E-state index contributed by atoms with van der Waals surface area (Å²) < 4.78 is 16.6. The van der Waals surface area contributed by atoms with E-state index < -0.39 is 6.04 Å². The summed E-state index contributed by atoms with van der Waals surface area (Å²) in [4.78, 5) is 15.5. The number of aromatic hydroxyl groups is 2. The normalized spacial score (nSPS) is 14.4. The Morgan fingerprint density at radius 2 is 1.75 bits per heavy atom. The maximum atomic E-state index is 13.8. The van der Waals surface area contributed by atoms with Gasteiger partial charge in [0.25, 0.3) is 5.91 Å². The van der Waals surface area contributed by atoms with E-state index in [2.05, 4.69) is 26.1 Å². The van der Waals surface area contributed by atoms with E-state index in [0.29, 0.717) is 67.6 Å². The standard InChI is InChI=1S/C29H27BrClN3O6/c1-14-9-20(35)17(13-19(14)31)25-24-26(33-32-25)29(37)34(8-7-15-5-6-21(38-2)22(10-15)39-3)27(24)16-11-18(30)28(36)23(12-16)40-4/h5-6,9-13,27,35-36H,7-8H2,1-4H3,(H,32,33). The number of aromatic amines is 1. The van der Waals surface area contributed by atoms with Gasteiger partial charge in [0.2, 0.25) is 0 Å². The number of amides is 1. The van der Waals surface area contributed by atoms with Crippen molar-refractivity contribution in [2.24, 2.45) is 0 Å². The number of benzene rings is 3. The van der Waals surface area contributed by atoms with Crippen molar-refractivity contribution in [3.05, 3.63) is 79.9 Å². The van der Waals surface area contributed by atoms with E-state index in [1.54, 1.807) is 50.3 Å². The summed E-state index contributed by atoms with van der Waals surface area (Å²) in [6, 6.07) is 11.7. The average Bonchev–Trinajstić information content (AvgIpc) is 3.49. The van der Waals surface area contributed by atoms with Crippen LogP contribution in [-0.4, -0.2) is 59.1 Å². The monoisotopic (exact) mass is 627 g/mol. The number of nitrogens with one attached hydrogen (secondary N) is 1. The smallest absolute Gasteiger partial charge is 0.273 e. The molecule has 5 rings (SSSR count). The number of fused-ring (bicyclic) bond motifs is 1. The summed E-state index contributed by atoms with van der Waals surface area (Å²) in [6.45, 7) is 2.14. The molecule has 208 valence electrons. The molecule has 40 heavy (non-hydrogen) atoms. The molecule has 1 aromatic heterocycles. The summed E-state index contributed by atoms with van der Waals surface area (Å²) in [6.07, 6.45) is 0.521. The number of aromatic nitrogens is 2. The molecule has 3 aromatic carbocycles. The van der Waals surface area contributed by atoms with Gasteiger partial charge < -0.3 is 29.3 Å². The van der Waals surface area contributed by atoms with Gasteiger partial charge in [0, 0.05) is 22.7 Å². The molecule has 2 heterocycles. The fourth-order valence-electron chi connectivity index (χ4n) is 5.03. The van der Waals surface area contributed by atoms with Crippen LogP contribution in [0.15, 0.2) is 46.9 Å². The number of halogens is 2. The number of phenols is 2. The lowest BCUT2D eigenvalue weighted by Gasteiger charge is -2.27. The minimum atomic E-state index is -0.610. The fourth-order valence-corrected chi connectivity index (χ4v) is 5.65. The van der Waals surface area contributed by atoms with E-state index in [4.69, 9.17) is 25.8 Å². The molecule has 11 heteroatoms. The highest BCUT2D eigenvalue weighted by Gasteiger charge is 2.43. The van der Waals surface area contributed by atoms with Crippen molar-refractivity contribution in [1.29, 1.82) is 0 Å². The van der Waals surface area contributed by atoms with Crippen molar-refractivity contribution < 1.29 is 29.2 Å². The lowest BCUT2D eigenvalue weighted by molar-refractivity contribution is 0.0745. The number of H-pyrrole nitrogens is 1. The Balaban J connectivity index is 1.62. The van der Waals surface area contributed by atoms with Crippen LogP contribution in [0, 0.1) is 6.92 Å². The summed E-state index contributed by atoms with van der Waals surface area (Å²) in [5, 5.41) is 29.1. The average molecular weight is 629 g/mol. The molecule has 0 radical (unpaired) electrons. The Morgan fingerprint density at radius 1 is 1.02 bits per heavy atom. The molecule has 1 unspecified atom stereocenters. The number of methoxy groups -OCH3 is 3. The predicted octanol–water partition coefficient (Wildman–Crippen LogP) is 6.03. The molecule has 0 saturated carbocycles. The molecule has 0 saturated heterocycles. The Bertz CT molecular complexity index is 1620. The summed E-state index contributed by atoms with van der Waals surface area (Å²) in [5.41, 5.74) is 4.05. The maximum absolute atomic E-state index is 13.8. The number of aryl methyl sites for hydroxylation is 1. The van der Waals surface area contributed by atoms with Crippen LogP contribution >= 0.6 is 27.5 Å². The first-order valence-corrected chi connectivity index (χ1v) is 13.5. The van der Waals surface area contributed by atoms with Crippen molar-refractivity contribution in [3.63, 3.8) is 0 Å². The first-order valence-electron chi connectivity index (χ1n) is 12.3. The van der Waals surface area contributed by atoms with Crippen LogP contribution in [0.5, 0.6) is 28.7 Å². The third kappa shape index (κ3) is 4.71. The predicted molar refractivity (Wildman–Crippen MR) is 154 cm³/mol. The lowest BCUT2D eigenvalue weighted by Crippen LogP contribution is -2.31. The quantitative estimate of drug-likeness (QED) is 0.218. The van der Waals surface area contributed by atoms with Gasteiger partial charge >= 0.3 is 0 Å². The van der Waals surface area contributed by atoms with Gasteiger partial charge in [0.15, 0.2) is 23.0 Å². The van der Waals surface area contributed by atoms with Gasteiger partial charge in [-0.15, -0.1) is 0 Å². The van der Waals surface area contributed by atoms with Crippen LogP contribution in [0.2, 0.25) is 5.02 Å². The third-order valence-corrected chi connectivity index (χ3v) is 8.08. The second kappa shape index (κ2) is 10.9. The number of ether oxygens (including phenoxy) is 3. The molecule has 1 aliphatic rings. The second-order valence-electron chi connectivity index (χ2n) is 9.37. The zero-order valence-corrected chi connectivity index (χ0v) is 24.6. The van der Waals surface area contributed by atoms with Gasteiger partial charge in [-0.05, 0) is 82.4 Å². The second-order valence-corrected chi connectivity index (χ2v) is 10.6. The van der Waals surface area contributed by atoms with Crippen molar-refractivity contribution >= 4 is 33.4 Å². The number of carbonyl (C=O) groups is 1. The molecule has 0 fully saturated rings. The van der Waals surface area contributed by atoms with Crippen LogP contribution < -0.4 is 14.2 Å². The van der Waals surface area contributed by atoms with Gasteiger partial charge in [-0.3, -0.25) is 9.89 Å². The zero-order chi connectivity index (χ0) is 28.7. The largest absolute Gasteiger partial charge is 0.507 e. The summed E-state index contributed by atoms with van der Waals surface area (Å²) >= 11 is 9.82. The van der Waals surface area contributed by atoms with Crippen molar-refractivity contribution in [3.8, 4) is 40.0 Å². The molecule has 0 aliphatic carbocycles. The number of hydrogen-bond acceptors (Lipinski definition) is 7. The first kappa shape index (κ1) is 27.7. The zero-order valence-electron chi connectivity index (χ0n) is 22.2. The molecule has 9 nitrogen and oxygen atoms in total. The van der Waals surface area contributed by atoms with E-state index >= 15 is 0 Å². The van der Waals surface area contributed by atoms with Crippen LogP contribution in [0.3, 0.4) is 0 Å². The van der Waals surface area contributed by atoms with Crippen LogP contribution in [0.1, 0.15) is 38.8 Å². The molecule has 0 bridgehead atoms. The van der Waals surface area contributed by atoms with Crippen molar-refractivity contribution in [2.45, 2.75) is 19.4 Å². The van der Waals surface area contributed by atoms with E-state index in [0.717, 1.165) is 5.56 Å². The van der Waals surface area contributed by atoms with Crippen LogP contribution in [0.4, 0.5) is 0 Å². The summed E-state index contributed by atoms with van der Waals surface area (Å²) in [7, 11) is 4.61. The van der Waals surface area contributed by atoms with Gasteiger partial charge in [-0.1, -0.05) is 17.7 Å². The number of rotatable bonds is 8. The molecule has 3 N–H and O–H groups in total. The third-order valence-electron chi connectivity index (χ3n) is 7.07. The highest BCUT2D eigenvalue weighted by molar-refractivity contribution is 9.10. The maximum Gasteiger partial charge on any atom is 0.273 e. The van der Waals surface area contributed by atoms with E-state index in [-0.39, 0.29) is 23.2 Å². The lowest BCUT2D eigenvalue weighted by atomic mass is 9.94. The van der Waals surface area contributed by atoms with Gasteiger partial charge in [-0.2, -0.15) is 5.10 Å². The highest BCUT2D eigenvalue weighted by Crippen LogP contribution is 2.48. The Kier molecular flexibility index (Phi) is 7.57. The van der Waals surface area contributed by atoms with Crippen LogP contribution in [-0.2, 0) is 6.42 Å². The molecule has 1 aliphatic heterocycles. The first-order chi connectivity index (χ1) is 19.2. The Labute approximate surface area is 244 Å². The number of hydrogen-bond donors (Lipinski definition) is 3. The van der Waals surface area contributed by atoms with Gasteiger partial charge in [-0.25, -0.2) is 0 Å². The van der Waals surface area contributed by atoms with Gasteiger partial charge in [0.05, 0.1) is 31.8 Å². The molecule has 0 spiro atoms. The Morgan fingerprint density at radius 3 is 2.45 bits per heavy atom. The van der Waals surface area contributed by atoms with E-state index in [1.165, 1.54) is 7.11 Å². The minimum Gasteiger partial charge on any atom is -0.507 e. The molecule has 1 atom stereocenters. The number of nitrogens with zero attached hydrogens (tertiary/aromatic N) is 2. The summed E-state index contributed by atoms with van der Waals surface area (Å²) in [5.74, 6) is 1.15. The number of carbonyl (C=O) groups excluding carboxylic acids is 1. The Hall–Kier alpha value is -3.89. The molecule has 1 amide bonds. The highest BCUT2D eigenvalue weighted by atomic mass is 79.9. The van der Waals surface area contributed by atoms with E-state index in [9.17, 15) is 15.0 Å². The molecule has 4 aromatic rings. The van der Waals surface area contributed by atoms with Crippen molar-refractivity contribution in [1.82, 2.24) is 15.1 Å². The number of phenolic OH excluding ortho intramolecular Hbond substituents is 2. The minimum absolute atomic E-state index is 0.00403. The molecular weight excluding hydrogens is 602 g/mol. The van der Waals surface area contributed by atoms with Gasteiger partial charge in [0.1, 0.15) is 17.1 Å². The SMILES string of the molecule is COc1ccc(CCN2C(=O)c3[nH]nc(-c4cc(Cl)c(C)cc4O)c3C2c2cc(Br)c(O)c(OC)c2)cc1OC. The topological polar surface area (TPSA) is 117 Å². The molecular formula is C29H27BrClN3O6. The van der Waals surface area contributed by atoms with Crippen molar-refractivity contribution in [2.75, 3.05) is 27.9 Å². The van der Waals surface area contributed by atoms with E-state index in [1.807, 2.05) is 18.2 Å². The van der Waals surface area contributed by atoms with Crippen LogP contribution in [0.25, 0.3) is 11.3 Å². The fraction of sp³-hybridized carbons (Fsp3) is 0.241.